The lowest BCUT2D eigenvalue weighted by atomic mass is 9.88. The fraction of sp³-hybridized carbons (Fsp3) is 0.500. The van der Waals surface area contributed by atoms with E-state index in [0.29, 0.717) is 30.8 Å². The number of piperidine rings is 1. The van der Waals surface area contributed by atoms with Crippen LogP contribution in [0.4, 0.5) is 5.69 Å². The lowest BCUT2D eigenvalue weighted by Gasteiger charge is -2.38. The predicted octanol–water partition coefficient (Wildman–Crippen LogP) is 2.18. The smallest absolute Gasteiger partial charge is 0.273 e. The monoisotopic (exact) mass is 345 g/mol. The first-order valence-electron chi connectivity index (χ1n) is 8.53. The van der Waals surface area contributed by atoms with Crippen molar-refractivity contribution in [2.45, 2.75) is 38.2 Å². The van der Waals surface area contributed by atoms with Crippen LogP contribution in [-0.4, -0.2) is 48.2 Å². The van der Waals surface area contributed by atoms with E-state index >= 15 is 0 Å². The van der Waals surface area contributed by atoms with Crippen LogP contribution in [0.5, 0.6) is 5.75 Å². The summed E-state index contributed by atoms with van der Waals surface area (Å²) in [6.45, 7) is 3.08. The molecule has 7 nitrogen and oxygen atoms in total. The Kier molecular flexibility index (Phi) is 4.92. The summed E-state index contributed by atoms with van der Waals surface area (Å²) in [5.41, 5.74) is 0.470. The summed E-state index contributed by atoms with van der Waals surface area (Å²) in [5.74, 6) is 0.557. The number of anilines is 1. The van der Waals surface area contributed by atoms with Crippen LogP contribution in [-0.2, 0) is 14.4 Å². The zero-order valence-corrected chi connectivity index (χ0v) is 14.6. The van der Waals surface area contributed by atoms with Gasteiger partial charge in [-0.05, 0) is 37.1 Å². The molecule has 7 heteroatoms. The Balaban J connectivity index is 1.61. The van der Waals surface area contributed by atoms with E-state index in [9.17, 15) is 9.59 Å². The van der Waals surface area contributed by atoms with Crippen molar-refractivity contribution in [3.05, 3.63) is 24.3 Å². The molecule has 0 radical (unpaired) electrons. The first-order valence-corrected chi connectivity index (χ1v) is 8.53. The van der Waals surface area contributed by atoms with Crippen LogP contribution in [0.15, 0.2) is 29.4 Å². The van der Waals surface area contributed by atoms with Crippen molar-refractivity contribution in [3.63, 3.8) is 0 Å². The highest BCUT2D eigenvalue weighted by Crippen LogP contribution is 2.34. The highest BCUT2D eigenvalue weighted by atomic mass is 16.7. The normalized spacial score (nSPS) is 22.3. The molecule has 3 rings (SSSR count). The van der Waals surface area contributed by atoms with E-state index in [-0.39, 0.29) is 11.8 Å². The molecule has 1 aromatic carbocycles. The fourth-order valence-electron chi connectivity index (χ4n) is 3.27. The number of nitrogens with zero attached hydrogens (tertiary/aromatic N) is 2. The second-order valence-corrected chi connectivity index (χ2v) is 6.44. The summed E-state index contributed by atoms with van der Waals surface area (Å²) in [6, 6.07) is 7.09. The third-order valence-corrected chi connectivity index (χ3v) is 4.64. The van der Waals surface area contributed by atoms with Gasteiger partial charge >= 0.3 is 0 Å². The van der Waals surface area contributed by atoms with Gasteiger partial charge in [0.2, 0.25) is 5.91 Å². The Morgan fingerprint density at radius 1 is 1.36 bits per heavy atom. The first-order chi connectivity index (χ1) is 12.0. The van der Waals surface area contributed by atoms with E-state index in [1.165, 1.54) is 0 Å². The van der Waals surface area contributed by atoms with Crippen LogP contribution in [0.3, 0.4) is 0 Å². The van der Waals surface area contributed by atoms with Crippen molar-refractivity contribution < 1.29 is 19.2 Å². The number of oxime groups is 1. The lowest BCUT2D eigenvalue weighted by Crippen LogP contribution is -2.50. The van der Waals surface area contributed by atoms with Crippen molar-refractivity contribution in [1.29, 1.82) is 0 Å². The highest BCUT2D eigenvalue weighted by Gasteiger charge is 2.45. The van der Waals surface area contributed by atoms with Crippen molar-refractivity contribution in [1.82, 2.24) is 4.90 Å². The second kappa shape index (κ2) is 7.13. The molecule has 1 aromatic rings. The quantitative estimate of drug-likeness (QED) is 0.907. The number of ether oxygens (including phenoxy) is 1. The molecule has 0 unspecified atom stereocenters. The maximum absolute atomic E-state index is 12.4. The van der Waals surface area contributed by atoms with E-state index in [2.05, 4.69) is 10.5 Å². The van der Waals surface area contributed by atoms with Gasteiger partial charge in [0.15, 0.2) is 5.60 Å². The molecular formula is C18H23N3O4. The summed E-state index contributed by atoms with van der Waals surface area (Å²) in [4.78, 5) is 31.8. The predicted molar refractivity (Wildman–Crippen MR) is 93.6 cm³/mol. The van der Waals surface area contributed by atoms with Gasteiger partial charge < -0.3 is 19.8 Å². The Labute approximate surface area is 147 Å². The fourth-order valence-corrected chi connectivity index (χ4v) is 3.27. The Hall–Kier alpha value is -2.57. The molecule has 2 aliphatic heterocycles. The van der Waals surface area contributed by atoms with E-state index in [4.69, 9.17) is 9.57 Å². The van der Waals surface area contributed by atoms with Crippen molar-refractivity contribution in [2.24, 2.45) is 5.16 Å². The maximum atomic E-state index is 12.4. The van der Waals surface area contributed by atoms with Crippen LogP contribution >= 0.6 is 0 Å². The number of carbonyl (C=O) groups is 2. The van der Waals surface area contributed by atoms with Gasteiger partial charge in [-0.25, -0.2) is 0 Å². The SMILES string of the molecule is CCC(=O)N1CCC[C@@]2(CC(C(=O)Nc3ccc(OC)cc3)=NO2)C1. The van der Waals surface area contributed by atoms with Gasteiger partial charge in [0.1, 0.15) is 11.5 Å². The van der Waals surface area contributed by atoms with E-state index < -0.39 is 5.60 Å². The molecule has 1 N–H and O–H groups in total. The summed E-state index contributed by atoms with van der Waals surface area (Å²) < 4.78 is 5.10. The van der Waals surface area contributed by atoms with Crippen molar-refractivity contribution in [2.75, 3.05) is 25.5 Å². The summed E-state index contributed by atoms with van der Waals surface area (Å²) in [6.07, 6.45) is 2.54. The summed E-state index contributed by atoms with van der Waals surface area (Å²) in [7, 11) is 1.59. The average Bonchev–Trinajstić information content (AvgIpc) is 3.05. The molecule has 1 fully saturated rings. The number of amides is 2. The van der Waals surface area contributed by atoms with Crippen molar-refractivity contribution in [3.8, 4) is 5.75 Å². The van der Waals surface area contributed by atoms with Crippen LogP contribution in [0, 0.1) is 0 Å². The molecule has 2 heterocycles. The molecule has 2 aliphatic rings. The molecule has 1 spiro atoms. The topological polar surface area (TPSA) is 80.2 Å². The largest absolute Gasteiger partial charge is 0.497 e. The van der Waals surface area contributed by atoms with Crippen LogP contribution < -0.4 is 10.1 Å². The third-order valence-electron chi connectivity index (χ3n) is 4.64. The van der Waals surface area contributed by atoms with Crippen LogP contribution in [0.25, 0.3) is 0 Å². The Bertz CT molecular complexity index is 686. The zero-order valence-electron chi connectivity index (χ0n) is 14.6. The summed E-state index contributed by atoms with van der Waals surface area (Å²) in [5, 5.41) is 6.82. The molecule has 0 aliphatic carbocycles. The zero-order chi connectivity index (χ0) is 17.9. The standard InChI is InChI=1S/C18H23N3O4/c1-3-16(22)21-10-4-9-18(12-21)11-15(20-25-18)17(23)19-13-5-7-14(24-2)8-6-13/h5-8H,3-4,9-12H2,1-2H3,(H,19,23)/t18-/m1/s1. The first kappa shape index (κ1) is 17.3. The van der Waals surface area contributed by atoms with Gasteiger partial charge in [0.25, 0.3) is 5.91 Å². The Morgan fingerprint density at radius 2 is 2.12 bits per heavy atom. The summed E-state index contributed by atoms with van der Waals surface area (Å²) >= 11 is 0. The van der Waals surface area contributed by atoms with E-state index in [0.717, 1.165) is 25.1 Å². The minimum Gasteiger partial charge on any atom is -0.497 e. The van der Waals surface area contributed by atoms with Gasteiger partial charge in [-0.1, -0.05) is 12.1 Å². The number of carbonyl (C=O) groups excluding carboxylic acids is 2. The number of benzene rings is 1. The molecule has 0 aromatic heterocycles. The maximum Gasteiger partial charge on any atom is 0.273 e. The number of hydrogen-bond acceptors (Lipinski definition) is 5. The highest BCUT2D eigenvalue weighted by molar-refractivity contribution is 6.43. The molecule has 134 valence electrons. The molecule has 1 saturated heterocycles. The number of likely N-dealkylation sites (tertiary alicyclic amines) is 1. The van der Waals surface area contributed by atoms with Gasteiger partial charge in [0.05, 0.1) is 13.7 Å². The van der Waals surface area contributed by atoms with Gasteiger partial charge in [-0.3, -0.25) is 9.59 Å². The van der Waals surface area contributed by atoms with Gasteiger partial charge in [0, 0.05) is 25.1 Å². The Morgan fingerprint density at radius 3 is 2.80 bits per heavy atom. The number of methoxy groups -OCH3 is 1. The molecule has 1 atom stereocenters. The van der Waals surface area contributed by atoms with Crippen LogP contribution in [0.2, 0.25) is 0 Å². The van der Waals surface area contributed by atoms with Crippen molar-refractivity contribution >= 4 is 23.2 Å². The third kappa shape index (κ3) is 3.75. The minimum absolute atomic E-state index is 0.110. The molecular weight excluding hydrogens is 322 g/mol. The van der Waals surface area contributed by atoms with E-state index in [1.807, 2.05) is 11.8 Å². The number of hydrogen-bond donors (Lipinski definition) is 1. The number of rotatable bonds is 4. The molecule has 25 heavy (non-hydrogen) atoms. The van der Waals surface area contributed by atoms with Gasteiger partial charge in [-0.2, -0.15) is 0 Å². The van der Waals surface area contributed by atoms with Gasteiger partial charge in [-0.15, -0.1) is 0 Å². The van der Waals surface area contributed by atoms with Crippen LogP contribution in [0.1, 0.15) is 32.6 Å². The minimum atomic E-state index is -0.560. The average molecular weight is 345 g/mol. The molecule has 0 bridgehead atoms. The number of nitrogens with one attached hydrogen (secondary N) is 1. The molecule has 2 amide bonds. The molecule has 0 saturated carbocycles. The lowest BCUT2D eigenvalue weighted by molar-refractivity contribution is -0.140. The van der Waals surface area contributed by atoms with E-state index in [1.54, 1.807) is 31.4 Å². The second-order valence-electron chi connectivity index (χ2n) is 6.44.